The summed E-state index contributed by atoms with van der Waals surface area (Å²) in [6.07, 6.45) is 9.91. The van der Waals surface area contributed by atoms with Crippen LogP contribution < -0.4 is 10.1 Å². The van der Waals surface area contributed by atoms with Gasteiger partial charge in [0.25, 0.3) is 0 Å². The minimum Gasteiger partial charge on any atom is -0.494 e. The fourth-order valence-corrected chi connectivity index (χ4v) is 3.31. The molecule has 0 aromatic heterocycles. The van der Waals surface area contributed by atoms with E-state index in [9.17, 15) is 4.79 Å². The van der Waals surface area contributed by atoms with E-state index in [2.05, 4.69) is 17.1 Å². The average Bonchev–Trinajstić information content (AvgIpc) is 2.74. The lowest BCUT2D eigenvalue weighted by molar-refractivity contribution is 0.0290. The molecule has 0 aliphatic carbocycles. The second-order valence-corrected chi connectivity index (χ2v) is 7.56. The molecule has 1 aromatic rings. The van der Waals surface area contributed by atoms with Crippen molar-refractivity contribution in [3.8, 4) is 5.75 Å². The van der Waals surface area contributed by atoms with E-state index in [1.54, 1.807) is 0 Å². The summed E-state index contributed by atoms with van der Waals surface area (Å²) in [6, 6.07) is 7.45. The number of nitrogens with one attached hydrogen (secondary N) is 1. The number of rotatable bonds is 14. The van der Waals surface area contributed by atoms with Gasteiger partial charge in [-0.3, -0.25) is 10.2 Å². The summed E-state index contributed by atoms with van der Waals surface area (Å²) in [5, 5.41) is 2.75. The van der Waals surface area contributed by atoms with Crippen molar-refractivity contribution in [3.63, 3.8) is 0 Å². The number of anilines is 1. The molecule has 1 fully saturated rings. The number of carbonyl (C=O) groups excluding carboxylic acids is 1. The standard InChI is InChI=1S/C23H38N2O4/c1-2-3-4-5-6-7-8-9-17-28-22-12-10-21(11-13-22)24-23(26)29-20-16-25-14-18-27-19-15-25/h10-13H,2-9,14-20H2,1H3,(H,24,26). The van der Waals surface area contributed by atoms with Gasteiger partial charge in [-0.2, -0.15) is 0 Å². The van der Waals surface area contributed by atoms with Crippen LogP contribution in [0.25, 0.3) is 0 Å². The van der Waals surface area contributed by atoms with E-state index < -0.39 is 6.09 Å². The predicted molar refractivity (Wildman–Crippen MR) is 117 cm³/mol. The van der Waals surface area contributed by atoms with Crippen LogP contribution in [0.3, 0.4) is 0 Å². The molecule has 0 spiro atoms. The fourth-order valence-electron chi connectivity index (χ4n) is 3.31. The molecule has 1 N–H and O–H groups in total. The summed E-state index contributed by atoms with van der Waals surface area (Å²) in [7, 11) is 0. The molecular weight excluding hydrogens is 368 g/mol. The Labute approximate surface area is 175 Å². The number of amides is 1. The third kappa shape index (κ3) is 11.1. The Morgan fingerprint density at radius 1 is 0.966 bits per heavy atom. The van der Waals surface area contributed by atoms with E-state index in [0.717, 1.165) is 51.6 Å². The Morgan fingerprint density at radius 3 is 2.31 bits per heavy atom. The van der Waals surface area contributed by atoms with E-state index >= 15 is 0 Å². The number of morpholine rings is 1. The molecule has 1 aliphatic rings. The number of hydrogen-bond acceptors (Lipinski definition) is 5. The highest BCUT2D eigenvalue weighted by Crippen LogP contribution is 2.17. The van der Waals surface area contributed by atoms with E-state index in [1.807, 2.05) is 24.3 Å². The monoisotopic (exact) mass is 406 g/mol. The molecule has 0 atom stereocenters. The number of unbranched alkanes of at least 4 members (excludes halogenated alkanes) is 7. The lowest BCUT2D eigenvalue weighted by atomic mass is 10.1. The Hall–Kier alpha value is -1.79. The van der Waals surface area contributed by atoms with E-state index in [-0.39, 0.29) is 0 Å². The highest BCUT2D eigenvalue weighted by molar-refractivity contribution is 5.84. The molecule has 6 nitrogen and oxygen atoms in total. The van der Waals surface area contributed by atoms with Gasteiger partial charge in [-0.05, 0) is 30.7 Å². The third-order valence-electron chi connectivity index (χ3n) is 5.11. The normalized spacial score (nSPS) is 14.5. The quantitative estimate of drug-likeness (QED) is 0.436. The number of hydrogen-bond donors (Lipinski definition) is 1. The summed E-state index contributed by atoms with van der Waals surface area (Å²) >= 11 is 0. The van der Waals surface area contributed by atoms with Gasteiger partial charge in [-0.25, -0.2) is 4.79 Å². The van der Waals surface area contributed by atoms with E-state index in [4.69, 9.17) is 14.2 Å². The Bertz CT molecular complexity index is 544. The molecule has 1 aromatic carbocycles. The number of ether oxygens (including phenoxy) is 3. The molecule has 164 valence electrons. The van der Waals surface area contributed by atoms with Gasteiger partial charge in [0.05, 0.1) is 19.8 Å². The average molecular weight is 407 g/mol. The molecule has 0 unspecified atom stereocenters. The van der Waals surface area contributed by atoms with Gasteiger partial charge in [0.1, 0.15) is 12.4 Å². The maximum absolute atomic E-state index is 11.9. The molecule has 1 saturated heterocycles. The minimum absolute atomic E-state index is 0.381. The first-order valence-corrected chi connectivity index (χ1v) is 11.2. The molecule has 1 heterocycles. The zero-order chi connectivity index (χ0) is 20.6. The van der Waals surface area contributed by atoms with Crippen LogP contribution in [0.15, 0.2) is 24.3 Å². The Morgan fingerprint density at radius 2 is 1.62 bits per heavy atom. The maximum Gasteiger partial charge on any atom is 0.411 e. The molecule has 6 heteroatoms. The van der Waals surface area contributed by atoms with Crippen LogP contribution in [-0.2, 0) is 9.47 Å². The Kier molecular flexibility index (Phi) is 12.2. The van der Waals surface area contributed by atoms with Crippen molar-refractivity contribution >= 4 is 11.8 Å². The lowest BCUT2D eigenvalue weighted by Crippen LogP contribution is -2.38. The molecule has 2 rings (SSSR count). The summed E-state index contributed by atoms with van der Waals surface area (Å²) in [6.45, 7) is 7.40. The van der Waals surface area contributed by atoms with Crippen LogP contribution >= 0.6 is 0 Å². The van der Waals surface area contributed by atoms with Crippen LogP contribution in [0.5, 0.6) is 5.75 Å². The van der Waals surface area contributed by atoms with Gasteiger partial charge in [0, 0.05) is 25.3 Å². The lowest BCUT2D eigenvalue weighted by Gasteiger charge is -2.26. The Balaban J connectivity index is 1.50. The van der Waals surface area contributed by atoms with E-state index in [0.29, 0.717) is 12.3 Å². The molecular formula is C23H38N2O4. The molecule has 0 bridgehead atoms. The minimum atomic E-state index is -0.425. The topological polar surface area (TPSA) is 60.0 Å². The van der Waals surface area contributed by atoms with Crippen LogP contribution in [0.4, 0.5) is 10.5 Å². The van der Waals surface area contributed by atoms with E-state index in [1.165, 1.54) is 44.9 Å². The predicted octanol–water partition coefficient (Wildman–Crippen LogP) is 5.09. The maximum atomic E-state index is 11.9. The molecule has 1 aliphatic heterocycles. The smallest absolute Gasteiger partial charge is 0.411 e. The SMILES string of the molecule is CCCCCCCCCCOc1ccc(NC(=O)OCCN2CCOCC2)cc1. The summed E-state index contributed by atoms with van der Waals surface area (Å²) in [5.74, 6) is 0.833. The zero-order valence-corrected chi connectivity index (χ0v) is 18.0. The highest BCUT2D eigenvalue weighted by Gasteiger charge is 2.11. The zero-order valence-electron chi connectivity index (χ0n) is 18.0. The fraction of sp³-hybridized carbons (Fsp3) is 0.696. The van der Waals surface area contributed by atoms with Crippen molar-refractivity contribution in [2.75, 3.05) is 51.4 Å². The van der Waals surface area contributed by atoms with Gasteiger partial charge in [0.2, 0.25) is 0 Å². The van der Waals surface area contributed by atoms with Crippen LogP contribution in [-0.4, -0.2) is 57.1 Å². The van der Waals surface area contributed by atoms with Crippen LogP contribution in [0, 0.1) is 0 Å². The summed E-state index contributed by atoms with van der Waals surface area (Å²) in [4.78, 5) is 14.1. The van der Waals surface area contributed by atoms with Gasteiger partial charge < -0.3 is 14.2 Å². The largest absolute Gasteiger partial charge is 0.494 e. The first kappa shape index (κ1) is 23.5. The van der Waals surface area contributed by atoms with Gasteiger partial charge in [0.15, 0.2) is 0 Å². The number of carbonyl (C=O) groups is 1. The van der Waals surface area contributed by atoms with Crippen molar-refractivity contribution < 1.29 is 19.0 Å². The first-order valence-electron chi connectivity index (χ1n) is 11.2. The van der Waals surface area contributed by atoms with Crippen molar-refractivity contribution in [2.24, 2.45) is 0 Å². The van der Waals surface area contributed by atoms with Crippen LogP contribution in [0.1, 0.15) is 58.3 Å². The van der Waals surface area contributed by atoms with Gasteiger partial charge in [-0.1, -0.05) is 51.9 Å². The van der Waals surface area contributed by atoms with Crippen molar-refractivity contribution in [3.05, 3.63) is 24.3 Å². The van der Waals surface area contributed by atoms with Crippen molar-refractivity contribution in [2.45, 2.75) is 58.3 Å². The first-order chi connectivity index (χ1) is 14.3. The van der Waals surface area contributed by atoms with Gasteiger partial charge in [-0.15, -0.1) is 0 Å². The number of benzene rings is 1. The second-order valence-electron chi connectivity index (χ2n) is 7.56. The van der Waals surface area contributed by atoms with Gasteiger partial charge >= 0.3 is 6.09 Å². The molecule has 29 heavy (non-hydrogen) atoms. The van der Waals surface area contributed by atoms with Crippen molar-refractivity contribution in [1.82, 2.24) is 4.90 Å². The summed E-state index contributed by atoms with van der Waals surface area (Å²) < 4.78 is 16.3. The molecule has 0 radical (unpaired) electrons. The second kappa shape index (κ2) is 15.1. The molecule has 1 amide bonds. The van der Waals surface area contributed by atoms with Crippen LogP contribution in [0.2, 0.25) is 0 Å². The molecule has 0 saturated carbocycles. The highest BCUT2D eigenvalue weighted by atomic mass is 16.5. The third-order valence-corrected chi connectivity index (χ3v) is 5.11. The summed E-state index contributed by atoms with van der Waals surface area (Å²) in [5.41, 5.74) is 0.709. The van der Waals surface area contributed by atoms with Crippen molar-refractivity contribution in [1.29, 1.82) is 0 Å². The number of nitrogens with zero attached hydrogens (tertiary/aromatic N) is 1.